The van der Waals surface area contributed by atoms with Gasteiger partial charge in [0.25, 0.3) is 11.5 Å². The Morgan fingerprint density at radius 1 is 1.48 bits per heavy atom. The van der Waals surface area contributed by atoms with E-state index in [2.05, 4.69) is 45.0 Å². The molecule has 0 radical (unpaired) electrons. The van der Waals surface area contributed by atoms with Crippen molar-refractivity contribution in [2.24, 2.45) is 0 Å². The molecular formula is C20H26BrN3O3. The van der Waals surface area contributed by atoms with E-state index in [-0.39, 0.29) is 30.7 Å². The SMILES string of the molecule is Cc1cc(CO)c(CNC(=O)C2=C3CCN(C(C)C)C3CC(Br)=C2)c(=O)[nH]1. The van der Waals surface area contributed by atoms with Crippen LogP contribution in [0.25, 0.3) is 0 Å². The van der Waals surface area contributed by atoms with Crippen LogP contribution in [0.3, 0.4) is 0 Å². The number of carbonyl (C=O) groups excluding carboxylic acids is 1. The van der Waals surface area contributed by atoms with Crippen molar-refractivity contribution < 1.29 is 9.90 Å². The highest BCUT2D eigenvalue weighted by Crippen LogP contribution is 2.38. The van der Waals surface area contributed by atoms with Gasteiger partial charge in [-0.05, 0) is 61.4 Å². The minimum atomic E-state index is -0.276. The fourth-order valence-electron chi connectivity index (χ4n) is 4.03. The van der Waals surface area contributed by atoms with Gasteiger partial charge in [0.05, 0.1) is 6.61 Å². The highest BCUT2D eigenvalue weighted by Gasteiger charge is 2.36. The van der Waals surface area contributed by atoms with Crippen molar-refractivity contribution in [1.29, 1.82) is 0 Å². The lowest BCUT2D eigenvalue weighted by atomic mass is 9.92. The Labute approximate surface area is 167 Å². The summed E-state index contributed by atoms with van der Waals surface area (Å²) in [5, 5.41) is 12.4. The van der Waals surface area contributed by atoms with E-state index in [1.54, 1.807) is 13.0 Å². The molecule has 6 nitrogen and oxygen atoms in total. The number of amides is 1. The van der Waals surface area contributed by atoms with Crippen molar-refractivity contribution in [1.82, 2.24) is 15.2 Å². The molecule has 1 aliphatic heterocycles. The van der Waals surface area contributed by atoms with Crippen molar-refractivity contribution in [3.05, 3.63) is 54.9 Å². The van der Waals surface area contributed by atoms with Gasteiger partial charge in [-0.1, -0.05) is 15.9 Å². The van der Waals surface area contributed by atoms with E-state index in [1.165, 1.54) is 5.57 Å². The van der Waals surface area contributed by atoms with Gasteiger partial charge < -0.3 is 15.4 Å². The summed E-state index contributed by atoms with van der Waals surface area (Å²) in [4.78, 5) is 30.2. The summed E-state index contributed by atoms with van der Waals surface area (Å²) in [6.07, 6.45) is 3.67. The second-order valence-corrected chi connectivity index (χ2v) is 8.48. The molecule has 146 valence electrons. The number of halogens is 1. The summed E-state index contributed by atoms with van der Waals surface area (Å²) in [7, 11) is 0. The Bertz CT molecular complexity index is 870. The number of rotatable bonds is 5. The molecule has 1 saturated heterocycles. The monoisotopic (exact) mass is 435 g/mol. The number of aromatic amines is 1. The molecular weight excluding hydrogens is 410 g/mol. The first-order chi connectivity index (χ1) is 12.8. The van der Waals surface area contributed by atoms with Crippen molar-refractivity contribution >= 4 is 21.8 Å². The van der Waals surface area contributed by atoms with Crippen LogP contribution in [0.5, 0.6) is 0 Å². The number of H-pyrrole nitrogens is 1. The third kappa shape index (κ3) is 4.10. The number of carbonyl (C=O) groups is 1. The predicted molar refractivity (Wildman–Crippen MR) is 108 cm³/mol. The number of fused-ring (bicyclic) bond motifs is 1. The smallest absolute Gasteiger partial charge is 0.253 e. The molecule has 2 heterocycles. The highest BCUT2D eigenvalue weighted by atomic mass is 79.9. The molecule has 0 aromatic carbocycles. The van der Waals surface area contributed by atoms with Crippen molar-refractivity contribution in [2.75, 3.05) is 6.54 Å². The highest BCUT2D eigenvalue weighted by molar-refractivity contribution is 9.11. The molecule has 1 amide bonds. The number of aliphatic hydroxyl groups is 1. The van der Waals surface area contributed by atoms with Gasteiger partial charge in [-0.25, -0.2) is 0 Å². The van der Waals surface area contributed by atoms with E-state index < -0.39 is 0 Å². The summed E-state index contributed by atoms with van der Waals surface area (Å²) in [5.41, 5.74) is 3.21. The van der Waals surface area contributed by atoms with Gasteiger partial charge in [-0.3, -0.25) is 14.5 Å². The number of hydrogen-bond donors (Lipinski definition) is 3. The van der Waals surface area contributed by atoms with Gasteiger partial charge in [0, 0.05) is 42.0 Å². The molecule has 3 rings (SSSR count). The van der Waals surface area contributed by atoms with Gasteiger partial charge in [0.2, 0.25) is 0 Å². The van der Waals surface area contributed by atoms with Crippen LogP contribution in [0.15, 0.2) is 32.6 Å². The Morgan fingerprint density at radius 3 is 2.89 bits per heavy atom. The molecule has 1 aromatic rings. The topological polar surface area (TPSA) is 85.4 Å². The first kappa shape index (κ1) is 20.0. The van der Waals surface area contributed by atoms with E-state index in [9.17, 15) is 14.7 Å². The third-order valence-corrected chi connectivity index (χ3v) is 5.90. The molecule has 0 spiro atoms. The minimum absolute atomic E-state index is 0.0884. The van der Waals surface area contributed by atoms with E-state index in [0.717, 1.165) is 23.9 Å². The Hall–Kier alpha value is -1.70. The second kappa shape index (κ2) is 8.12. The molecule has 7 heteroatoms. The molecule has 1 atom stereocenters. The van der Waals surface area contributed by atoms with Gasteiger partial charge >= 0.3 is 0 Å². The molecule has 1 unspecified atom stereocenters. The second-order valence-electron chi connectivity index (χ2n) is 7.46. The molecule has 2 aliphatic rings. The molecule has 0 saturated carbocycles. The summed E-state index contributed by atoms with van der Waals surface area (Å²) in [6, 6.07) is 2.41. The quantitative estimate of drug-likeness (QED) is 0.661. The normalized spacial score (nSPS) is 20.1. The number of nitrogens with one attached hydrogen (secondary N) is 2. The maximum Gasteiger partial charge on any atom is 0.253 e. The fraction of sp³-hybridized carbons (Fsp3) is 0.500. The molecule has 0 bridgehead atoms. The fourth-order valence-corrected chi connectivity index (χ4v) is 4.57. The van der Waals surface area contributed by atoms with Crippen LogP contribution in [-0.4, -0.2) is 39.5 Å². The maximum absolute atomic E-state index is 12.9. The lowest BCUT2D eigenvalue weighted by molar-refractivity contribution is -0.117. The van der Waals surface area contributed by atoms with Crippen LogP contribution in [-0.2, 0) is 17.9 Å². The van der Waals surface area contributed by atoms with Crippen molar-refractivity contribution in [3.63, 3.8) is 0 Å². The lowest BCUT2D eigenvalue weighted by Gasteiger charge is -2.31. The van der Waals surface area contributed by atoms with E-state index in [1.807, 2.05) is 6.08 Å². The number of aliphatic hydroxyl groups excluding tert-OH is 1. The molecule has 3 N–H and O–H groups in total. The average Bonchev–Trinajstić information content (AvgIpc) is 3.03. The number of aryl methyl sites for hydroxylation is 1. The van der Waals surface area contributed by atoms with Gasteiger partial charge in [-0.15, -0.1) is 0 Å². The maximum atomic E-state index is 12.9. The van der Waals surface area contributed by atoms with E-state index >= 15 is 0 Å². The zero-order chi connectivity index (χ0) is 19.7. The number of pyridine rings is 1. The Kier molecular flexibility index (Phi) is 6.03. The van der Waals surface area contributed by atoms with Gasteiger partial charge in [0.1, 0.15) is 0 Å². The first-order valence-corrected chi connectivity index (χ1v) is 10.1. The van der Waals surface area contributed by atoms with Crippen LogP contribution in [0, 0.1) is 6.92 Å². The number of hydrogen-bond acceptors (Lipinski definition) is 4. The van der Waals surface area contributed by atoms with Crippen LogP contribution in [0.2, 0.25) is 0 Å². The number of likely N-dealkylation sites (tertiary alicyclic amines) is 1. The van der Waals surface area contributed by atoms with Crippen LogP contribution in [0.1, 0.15) is 43.5 Å². The number of aromatic nitrogens is 1. The average molecular weight is 436 g/mol. The summed E-state index contributed by atoms with van der Waals surface area (Å²) >= 11 is 3.58. The summed E-state index contributed by atoms with van der Waals surface area (Å²) in [6.45, 7) is 6.92. The zero-order valence-electron chi connectivity index (χ0n) is 15.9. The molecule has 1 aliphatic carbocycles. The van der Waals surface area contributed by atoms with Gasteiger partial charge in [0.15, 0.2) is 0 Å². The predicted octanol–water partition coefficient (Wildman–Crippen LogP) is 2.25. The first-order valence-electron chi connectivity index (χ1n) is 9.27. The third-order valence-electron chi connectivity index (χ3n) is 5.34. The van der Waals surface area contributed by atoms with E-state index in [0.29, 0.717) is 28.4 Å². The van der Waals surface area contributed by atoms with Crippen LogP contribution >= 0.6 is 15.9 Å². The largest absolute Gasteiger partial charge is 0.392 e. The summed E-state index contributed by atoms with van der Waals surface area (Å²) < 4.78 is 1.01. The van der Waals surface area contributed by atoms with Crippen molar-refractivity contribution in [2.45, 2.75) is 58.8 Å². The lowest BCUT2D eigenvalue weighted by Crippen LogP contribution is -2.38. The van der Waals surface area contributed by atoms with Crippen molar-refractivity contribution in [3.8, 4) is 0 Å². The number of nitrogens with zero attached hydrogens (tertiary/aromatic N) is 1. The minimum Gasteiger partial charge on any atom is -0.392 e. The Morgan fingerprint density at radius 2 is 2.22 bits per heavy atom. The molecule has 27 heavy (non-hydrogen) atoms. The molecule has 1 aromatic heterocycles. The standard InChI is InChI=1S/C20H26BrN3O3/c1-11(2)24-5-4-15-16(7-14(21)8-18(15)24)19(26)22-9-17-13(10-25)6-12(3)23-20(17)27/h6-7,11,18,25H,4-5,8-10H2,1-3H3,(H,22,26)(H,23,27). The van der Waals surface area contributed by atoms with Crippen LogP contribution < -0.4 is 10.9 Å². The van der Waals surface area contributed by atoms with Gasteiger partial charge in [-0.2, -0.15) is 0 Å². The Balaban J connectivity index is 1.82. The molecule has 1 fully saturated rings. The van der Waals surface area contributed by atoms with Crippen LogP contribution in [0.4, 0.5) is 0 Å². The van der Waals surface area contributed by atoms with E-state index in [4.69, 9.17) is 0 Å². The zero-order valence-corrected chi connectivity index (χ0v) is 17.5. The summed E-state index contributed by atoms with van der Waals surface area (Å²) in [5.74, 6) is -0.180.